The van der Waals surface area contributed by atoms with Gasteiger partial charge in [0.1, 0.15) is 20.9 Å². The average molecular weight is 771 g/mol. The van der Waals surface area contributed by atoms with Crippen molar-refractivity contribution < 1.29 is 26.2 Å². The van der Waals surface area contributed by atoms with Gasteiger partial charge in [0.15, 0.2) is 5.65 Å². The molecule has 0 unspecified atom stereocenters. The Morgan fingerprint density at radius 3 is 2.25 bits per heavy atom. The minimum absolute atomic E-state index is 0. The number of pyridine rings is 2. The van der Waals surface area contributed by atoms with Gasteiger partial charge in [-0.05, 0) is 35.2 Å². The predicted octanol–water partition coefficient (Wildman–Crippen LogP) is 9.45. The van der Waals surface area contributed by atoms with E-state index in [9.17, 15) is 5.11 Å². The van der Waals surface area contributed by atoms with Crippen molar-refractivity contribution in [2.45, 2.75) is 26.2 Å². The number of hydrogen-bond acceptors (Lipinski definition) is 5. The van der Waals surface area contributed by atoms with Crippen LogP contribution in [0, 0.1) is 6.07 Å². The van der Waals surface area contributed by atoms with E-state index in [1.54, 1.807) is 17.4 Å². The summed E-state index contributed by atoms with van der Waals surface area (Å²) in [6.07, 6.45) is 1.82. The fraction of sp³-hybridized carbons (Fsp3) is 0.108. The van der Waals surface area contributed by atoms with E-state index in [1.807, 2.05) is 48.7 Å². The minimum atomic E-state index is -0.113. The van der Waals surface area contributed by atoms with Crippen LogP contribution < -0.4 is 0 Å². The van der Waals surface area contributed by atoms with Gasteiger partial charge in [-0.3, -0.25) is 9.38 Å². The van der Waals surface area contributed by atoms with Gasteiger partial charge in [-0.15, -0.1) is 34.9 Å². The molecule has 1 N–H and O–H groups in total. The summed E-state index contributed by atoms with van der Waals surface area (Å²) in [6.45, 7) is 6.61. The molecule has 0 fully saturated rings. The zero-order chi connectivity index (χ0) is 29.3. The van der Waals surface area contributed by atoms with Crippen molar-refractivity contribution in [2.75, 3.05) is 0 Å². The molecule has 0 aliphatic rings. The maximum absolute atomic E-state index is 10.7. The molecule has 0 saturated carbocycles. The maximum Gasteiger partial charge on any atom is 0.165 e. The van der Waals surface area contributed by atoms with E-state index in [-0.39, 0.29) is 32.2 Å². The molecule has 8 aromatic rings. The van der Waals surface area contributed by atoms with Gasteiger partial charge in [-0.2, -0.15) is 0 Å². The second-order valence-electron chi connectivity index (χ2n) is 11.8. The number of imidazole rings is 1. The molecule has 0 saturated heterocycles. The Kier molecular flexibility index (Phi) is 6.88. The van der Waals surface area contributed by atoms with Crippen molar-refractivity contribution in [3.63, 3.8) is 0 Å². The van der Waals surface area contributed by atoms with E-state index >= 15 is 0 Å². The van der Waals surface area contributed by atoms with E-state index in [0.29, 0.717) is 0 Å². The molecule has 0 spiro atoms. The van der Waals surface area contributed by atoms with E-state index in [1.165, 1.54) is 0 Å². The van der Waals surface area contributed by atoms with Crippen molar-refractivity contribution in [1.29, 1.82) is 0 Å². The zero-order valence-corrected chi connectivity index (χ0v) is 27.4. The predicted molar refractivity (Wildman–Crippen MR) is 177 cm³/mol. The standard InChI is InChI=1S/C37H27N4OS.Pt/c1-37(2,3)25-20-23(26-13-7-8-17-30(26)42)19-24(21-25)27-14-9-16-29-31(27)39-34-32-28(15-10-18-38-32)33-36(41(29)34)43-35(40-33)22-11-5-4-6-12-22;/h4-18,20-21,42H,1-3H3;/q-1;. The first kappa shape index (κ1) is 28.4. The fourth-order valence-corrected chi connectivity index (χ4v) is 6.90. The van der Waals surface area contributed by atoms with Crippen LogP contribution in [0.25, 0.3) is 70.8 Å². The monoisotopic (exact) mass is 770 g/mol. The number of nitrogens with zero attached hydrogens (tertiary/aromatic N) is 4. The Hall–Kier alpha value is -4.38. The molecule has 4 heterocycles. The smallest absolute Gasteiger partial charge is 0.165 e. The first-order chi connectivity index (χ1) is 20.9. The summed E-state index contributed by atoms with van der Waals surface area (Å²) in [5.74, 6) is 0.237. The van der Waals surface area contributed by atoms with Crippen LogP contribution in [-0.2, 0) is 26.5 Å². The first-order valence-electron chi connectivity index (χ1n) is 14.3. The zero-order valence-electron chi connectivity index (χ0n) is 24.3. The Labute approximate surface area is 273 Å². The number of para-hydroxylation sites is 2. The molecule has 218 valence electrons. The number of aromatic hydroxyl groups is 1. The van der Waals surface area contributed by atoms with Crippen LogP contribution in [0.4, 0.5) is 0 Å². The van der Waals surface area contributed by atoms with Crippen LogP contribution in [0.15, 0.2) is 103 Å². The molecule has 44 heavy (non-hydrogen) atoms. The molecule has 0 aliphatic heterocycles. The summed E-state index contributed by atoms with van der Waals surface area (Å²) in [5.41, 5.74) is 10.1. The summed E-state index contributed by atoms with van der Waals surface area (Å²) in [7, 11) is 0. The average Bonchev–Trinajstić information content (AvgIpc) is 3.64. The molecular weight excluding hydrogens is 744 g/mol. The van der Waals surface area contributed by atoms with E-state index in [2.05, 4.69) is 79.8 Å². The number of phenols is 1. The number of rotatable bonds is 3. The van der Waals surface area contributed by atoms with Crippen LogP contribution in [0.2, 0.25) is 0 Å². The van der Waals surface area contributed by atoms with Crippen molar-refractivity contribution in [3.8, 4) is 38.6 Å². The van der Waals surface area contributed by atoms with Gasteiger partial charge >= 0.3 is 0 Å². The van der Waals surface area contributed by atoms with E-state index < -0.39 is 0 Å². The van der Waals surface area contributed by atoms with Crippen LogP contribution >= 0.6 is 11.3 Å². The number of benzene rings is 4. The van der Waals surface area contributed by atoms with Gasteiger partial charge in [0.2, 0.25) is 0 Å². The van der Waals surface area contributed by atoms with Gasteiger partial charge in [0.25, 0.3) is 0 Å². The second-order valence-corrected chi connectivity index (χ2v) is 12.8. The molecule has 7 heteroatoms. The van der Waals surface area contributed by atoms with Gasteiger partial charge < -0.3 is 5.11 Å². The summed E-state index contributed by atoms with van der Waals surface area (Å²) in [6, 6.07) is 36.1. The third kappa shape index (κ3) is 4.52. The van der Waals surface area contributed by atoms with Gasteiger partial charge in [0.05, 0.1) is 16.8 Å². The Morgan fingerprint density at radius 2 is 1.48 bits per heavy atom. The summed E-state index contributed by atoms with van der Waals surface area (Å²) in [5, 5.41) is 12.7. The van der Waals surface area contributed by atoms with Crippen molar-refractivity contribution in [3.05, 3.63) is 115 Å². The molecule has 0 radical (unpaired) electrons. The van der Waals surface area contributed by atoms with Crippen molar-refractivity contribution in [1.82, 2.24) is 19.4 Å². The maximum atomic E-state index is 10.7. The number of aromatic nitrogens is 4. The molecule has 5 nitrogen and oxygen atoms in total. The fourth-order valence-electron chi connectivity index (χ4n) is 5.79. The van der Waals surface area contributed by atoms with E-state index in [0.717, 1.165) is 76.3 Å². The number of phenolic OH excluding ortho intramolecular Hbond substituents is 1. The molecule has 8 rings (SSSR count). The molecule has 0 atom stereocenters. The van der Waals surface area contributed by atoms with Gasteiger partial charge in [0, 0.05) is 38.2 Å². The Morgan fingerprint density at radius 1 is 0.750 bits per heavy atom. The minimum Gasteiger partial charge on any atom is -0.515 e. The largest absolute Gasteiger partial charge is 0.515 e. The second kappa shape index (κ2) is 10.7. The summed E-state index contributed by atoms with van der Waals surface area (Å²) < 4.78 is 2.21. The molecule has 0 amide bonds. The Balaban J connectivity index is 0.00000312. The van der Waals surface area contributed by atoms with Crippen LogP contribution in [0.3, 0.4) is 0 Å². The molecule has 0 aliphatic carbocycles. The van der Waals surface area contributed by atoms with E-state index in [4.69, 9.17) is 15.0 Å². The molecule has 4 aromatic carbocycles. The summed E-state index contributed by atoms with van der Waals surface area (Å²) >= 11 is 1.67. The number of hydrogen-bond donors (Lipinski definition) is 1. The van der Waals surface area contributed by atoms with Gasteiger partial charge in [-0.25, -0.2) is 9.97 Å². The van der Waals surface area contributed by atoms with Crippen LogP contribution in [0.5, 0.6) is 5.75 Å². The third-order valence-corrected chi connectivity index (χ3v) is 9.10. The molecular formula is C37H27N4OPtS-. The number of fused-ring (bicyclic) bond motifs is 8. The topological polar surface area (TPSA) is 63.3 Å². The van der Waals surface area contributed by atoms with Crippen LogP contribution in [0.1, 0.15) is 26.3 Å². The number of thiazole rings is 1. The van der Waals surface area contributed by atoms with Gasteiger partial charge in [-0.1, -0.05) is 98.3 Å². The van der Waals surface area contributed by atoms with Crippen LogP contribution in [-0.4, -0.2) is 24.5 Å². The normalized spacial score (nSPS) is 11.9. The van der Waals surface area contributed by atoms with Crippen molar-refractivity contribution >= 4 is 49.3 Å². The quantitative estimate of drug-likeness (QED) is 0.182. The Bertz CT molecular complexity index is 2350. The van der Waals surface area contributed by atoms with Crippen molar-refractivity contribution in [2.24, 2.45) is 0 Å². The first-order valence-corrected chi connectivity index (χ1v) is 15.1. The third-order valence-electron chi connectivity index (χ3n) is 8.01. The molecule has 4 aromatic heterocycles. The molecule has 0 bridgehead atoms. The summed E-state index contributed by atoms with van der Waals surface area (Å²) in [4.78, 5) is 16.2. The SMILES string of the molecule is CC(C)(C)c1cc(-c2ccccc2O)[c-]c(-c2cccc3c2nc2c4ncccc4c4nc(-c5ccccc5)sc4n32)c1.[Pt].